The lowest BCUT2D eigenvalue weighted by Gasteiger charge is -2.31. The minimum absolute atomic E-state index is 0.0844. The van der Waals surface area contributed by atoms with Crippen LogP contribution in [0, 0.1) is 0 Å². The number of piperidine rings is 1. The van der Waals surface area contributed by atoms with Gasteiger partial charge in [-0.1, -0.05) is 18.2 Å². The third kappa shape index (κ3) is 4.14. The monoisotopic (exact) mass is 328 g/mol. The van der Waals surface area contributed by atoms with Crippen molar-refractivity contribution in [2.75, 3.05) is 19.6 Å². The summed E-state index contributed by atoms with van der Waals surface area (Å²) < 4.78 is 2.12. The minimum Gasteiger partial charge on any atom is -0.369 e. The zero-order chi connectivity index (χ0) is 16.9. The summed E-state index contributed by atoms with van der Waals surface area (Å²) in [5, 5.41) is 4.30. The molecule has 1 aromatic carbocycles. The van der Waals surface area contributed by atoms with Crippen molar-refractivity contribution >= 4 is 22.7 Å². The van der Waals surface area contributed by atoms with Gasteiger partial charge in [0, 0.05) is 43.8 Å². The molecule has 0 saturated carbocycles. The van der Waals surface area contributed by atoms with Gasteiger partial charge in [0.1, 0.15) is 0 Å². The molecule has 1 aliphatic heterocycles. The Morgan fingerprint density at radius 3 is 2.67 bits per heavy atom. The van der Waals surface area contributed by atoms with Crippen molar-refractivity contribution in [3.63, 3.8) is 0 Å². The number of para-hydroxylation sites is 1. The molecule has 0 atom stereocenters. The van der Waals surface area contributed by atoms with Gasteiger partial charge in [0.05, 0.1) is 6.54 Å². The number of aromatic nitrogens is 1. The van der Waals surface area contributed by atoms with Gasteiger partial charge < -0.3 is 15.6 Å². The molecule has 2 heterocycles. The number of likely N-dealkylation sites (tertiary alicyclic amines) is 1. The summed E-state index contributed by atoms with van der Waals surface area (Å²) in [7, 11) is 0. The first kappa shape index (κ1) is 16.5. The number of aryl methyl sites for hydroxylation is 1. The normalized spacial score (nSPS) is 16.3. The summed E-state index contributed by atoms with van der Waals surface area (Å²) >= 11 is 0. The van der Waals surface area contributed by atoms with Crippen molar-refractivity contribution in [3.05, 3.63) is 36.5 Å². The highest BCUT2D eigenvalue weighted by Gasteiger charge is 2.21. The molecule has 0 bridgehead atoms. The van der Waals surface area contributed by atoms with E-state index in [-0.39, 0.29) is 17.9 Å². The van der Waals surface area contributed by atoms with Crippen LogP contribution < -0.4 is 11.1 Å². The molecule has 2 amide bonds. The molecular formula is C18H24N4O2. The van der Waals surface area contributed by atoms with Crippen LogP contribution >= 0.6 is 0 Å². The Morgan fingerprint density at radius 2 is 1.92 bits per heavy atom. The van der Waals surface area contributed by atoms with Gasteiger partial charge in [0.2, 0.25) is 11.8 Å². The summed E-state index contributed by atoms with van der Waals surface area (Å²) in [6.45, 7) is 2.59. The van der Waals surface area contributed by atoms with Gasteiger partial charge in [-0.2, -0.15) is 0 Å². The molecule has 1 fully saturated rings. The Balaban J connectivity index is 1.44. The van der Waals surface area contributed by atoms with E-state index in [0.717, 1.165) is 31.4 Å². The first-order chi connectivity index (χ1) is 11.6. The zero-order valence-corrected chi connectivity index (χ0v) is 13.8. The SMILES string of the molecule is NC(=O)CN1CCC(NC(=O)CCn2ccc3ccccc32)CC1. The van der Waals surface area contributed by atoms with E-state index in [2.05, 4.69) is 28.1 Å². The average molecular weight is 328 g/mol. The van der Waals surface area contributed by atoms with E-state index in [1.165, 1.54) is 5.39 Å². The van der Waals surface area contributed by atoms with Crippen LogP contribution in [-0.4, -0.2) is 47.0 Å². The number of fused-ring (bicyclic) bond motifs is 1. The first-order valence-electron chi connectivity index (χ1n) is 8.46. The molecule has 3 N–H and O–H groups in total. The quantitative estimate of drug-likeness (QED) is 0.833. The van der Waals surface area contributed by atoms with E-state index in [9.17, 15) is 9.59 Å². The van der Waals surface area contributed by atoms with E-state index >= 15 is 0 Å². The van der Waals surface area contributed by atoms with E-state index in [1.807, 2.05) is 23.2 Å². The molecule has 0 radical (unpaired) electrons. The van der Waals surface area contributed by atoms with Crippen LogP contribution in [0.2, 0.25) is 0 Å². The van der Waals surface area contributed by atoms with Gasteiger partial charge in [-0.25, -0.2) is 0 Å². The number of carbonyl (C=O) groups is 2. The molecule has 128 valence electrons. The standard InChI is InChI=1S/C18H24N4O2/c19-17(23)13-21-9-6-15(7-10-21)20-18(24)8-12-22-11-5-14-3-1-2-4-16(14)22/h1-5,11,15H,6-10,12-13H2,(H2,19,23)(H,20,24). The second-order valence-electron chi connectivity index (χ2n) is 6.40. The van der Waals surface area contributed by atoms with E-state index in [1.54, 1.807) is 0 Å². The number of nitrogens with two attached hydrogens (primary N) is 1. The van der Waals surface area contributed by atoms with Gasteiger partial charge in [0.15, 0.2) is 0 Å². The van der Waals surface area contributed by atoms with E-state index in [4.69, 9.17) is 5.73 Å². The fourth-order valence-electron chi connectivity index (χ4n) is 3.31. The number of primary amides is 1. The molecule has 1 aromatic heterocycles. The second-order valence-corrected chi connectivity index (χ2v) is 6.40. The van der Waals surface area contributed by atoms with Crippen molar-refractivity contribution in [2.45, 2.75) is 31.8 Å². The predicted molar refractivity (Wildman–Crippen MR) is 93.4 cm³/mol. The zero-order valence-electron chi connectivity index (χ0n) is 13.8. The molecule has 6 nitrogen and oxygen atoms in total. The summed E-state index contributed by atoms with van der Waals surface area (Å²) in [6.07, 6.45) is 4.23. The number of amides is 2. The van der Waals surface area contributed by atoms with Crippen molar-refractivity contribution in [1.29, 1.82) is 0 Å². The average Bonchev–Trinajstić information content (AvgIpc) is 2.98. The number of benzene rings is 1. The highest BCUT2D eigenvalue weighted by Crippen LogP contribution is 2.15. The third-order valence-electron chi connectivity index (χ3n) is 4.59. The van der Waals surface area contributed by atoms with Gasteiger partial charge in [-0.05, 0) is 30.4 Å². The predicted octanol–water partition coefficient (Wildman–Crippen LogP) is 1.10. The maximum absolute atomic E-state index is 12.2. The maximum Gasteiger partial charge on any atom is 0.231 e. The second kappa shape index (κ2) is 7.49. The molecule has 2 aromatic rings. The van der Waals surface area contributed by atoms with Crippen LogP contribution in [0.5, 0.6) is 0 Å². The molecule has 0 aliphatic carbocycles. The molecular weight excluding hydrogens is 304 g/mol. The van der Waals surface area contributed by atoms with Crippen LogP contribution in [0.15, 0.2) is 36.5 Å². The molecule has 6 heteroatoms. The third-order valence-corrected chi connectivity index (χ3v) is 4.59. The smallest absolute Gasteiger partial charge is 0.231 e. The number of hydrogen-bond donors (Lipinski definition) is 2. The van der Waals surface area contributed by atoms with Gasteiger partial charge in [-0.15, -0.1) is 0 Å². The van der Waals surface area contributed by atoms with Gasteiger partial charge >= 0.3 is 0 Å². The maximum atomic E-state index is 12.2. The number of nitrogens with zero attached hydrogens (tertiary/aromatic N) is 2. The molecule has 1 saturated heterocycles. The van der Waals surface area contributed by atoms with Crippen LogP contribution in [0.1, 0.15) is 19.3 Å². The lowest BCUT2D eigenvalue weighted by atomic mass is 10.0. The Bertz CT molecular complexity index is 717. The lowest BCUT2D eigenvalue weighted by Crippen LogP contribution is -2.46. The summed E-state index contributed by atoms with van der Waals surface area (Å²) in [4.78, 5) is 25.2. The number of rotatable bonds is 6. The van der Waals surface area contributed by atoms with Gasteiger partial charge in [-0.3, -0.25) is 14.5 Å². The van der Waals surface area contributed by atoms with Crippen molar-refractivity contribution in [3.8, 4) is 0 Å². The number of hydrogen-bond acceptors (Lipinski definition) is 3. The molecule has 24 heavy (non-hydrogen) atoms. The van der Waals surface area contributed by atoms with E-state index in [0.29, 0.717) is 19.5 Å². The largest absolute Gasteiger partial charge is 0.369 e. The molecule has 3 rings (SSSR count). The fourth-order valence-corrected chi connectivity index (χ4v) is 3.31. The Hall–Kier alpha value is -2.34. The van der Waals surface area contributed by atoms with Crippen molar-refractivity contribution in [2.24, 2.45) is 5.73 Å². The summed E-state index contributed by atoms with van der Waals surface area (Å²) in [5.41, 5.74) is 6.37. The Kier molecular flexibility index (Phi) is 5.15. The van der Waals surface area contributed by atoms with Crippen LogP contribution in [0.25, 0.3) is 10.9 Å². The van der Waals surface area contributed by atoms with Crippen LogP contribution in [-0.2, 0) is 16.1 Å². The van der Waals surface area contributed by atoms with Crippen LogP contribution in [0.3, 0.4) is 0 Å². The first-order valence-corrected chi connectivity index (χ1v) is 8.46. The van der Waals surface area contributed by atoms with Crippen molar-refractivity contribution in [1.82, 2.24) is 14.8 Å². The fraction of sp³-hybridized carbons (Fsp3) is 0.444. The molecule has 1 aliphatic rings. The summed E-state index contributed by atoms with van der Waals surface area (Å²) in [5.74, 6) is -0.211. The van der Waals surface area contributed by atoms with Crippen molar-refractivity contribution < 1.29 is 9.59 Å². The number of carbonyl (C=O) groups excluding carboxylic acids is 2. The minimum atomic E-state index is -0.295. The Morgan fingerprint density at radius 1 is 1.17 bits per heavy atom. The lowest BCUT2D eigenvalue weighted by molar-refractivity contribution is -0.123. The topological polar surface area (TPSA) is 80.4 Å². The molecule has 0 unspecified atom stereocenters. The van der Waals surface area contributed by atoms with Crippen LogP contribution in [0.4, 0.5) is 0 Å². The highest BCUT2D eigenvalue weighted by molar-refractivity contribution is 5.80. The molecule has 0 spiro atoms. The van der Waals surface area contributed by atoms with E-state index < -0.39 is 0 Å². The summed E-state index contributed by atoms with van der Waals surface area (Å²) in [6, 6.07) is 10.4. The van der Waals surface area contributed by atoms with Gasteiger partial charge in [0.25, 0.3) is 0 Å². The Labute approximate surface area is 141 Å². The number of nitrogens with one attached hydrogen (secondary N) is 1. The highest BCUT2D eigenvalue weighted by atomic mass is 16.2.